The number of allylic oxidation sites excluding steroid dienone is 3. The van der Waals surface area contributed by atoms with Gasteiger partial charge in [0.15, 0.2) is 12.3 Å². The number of rotatable bonds is 0. The molecule has 0 N–H and O–H groups in total. The van der Waals surface area contributed by atoms with Crippen molar-refractivity contribution in [3.05, 3.63) is 24.4 Å². The van der Waals surface area contributed by atoms with Gasteiger partial charge in [-0.2, -0.15) is 0 Å². The lowest BCUT2D eigenvalue weighted by Crippen LogP contribution is -3.00. The molecule has 0 amide bonds. The molecular weight excluding hydrogens is 166 g/mol. The number of hydrogen-bond acceptors (Lipinski definition) is 1. The first-order valence-corrected chi connectivity index (χ1v) is 2.18. The third-order valence-electron chi connectivity index (χ3n) is 0.763. The molecule has 1 aliphatic rings. The number of halogens is 1. The lowest BCUT2D eigenvalue weighted by Gasteiger charge is -1.77. The van der Waals surface area contributed by atoms with Crippen LogP contribution in [0.4, 0.5) is 0 Å². The van der Waals surface area contributed by atoms with Gasteiger partial charge in [0.1, 0.15) is 11.8 Å². The highest BCUT2D eigenvalue weighted by Crippen LogP contribution is 1.89. The summed E-state index contributed by atoms with van der Waals surface area (Å²) in [4.78, 5) is 3.92. The first kappa shape index (κ1) is 7.54. The van der Waals surface area contributed by atoms with Gasteiger partial charge in [0, 0.05) is 0 Å². The highest BCUT2D eigenvalue weighted by Gasteiger charge is 1.91. The lowest BCUT2D eigenvalue weighted by molar-refractivity contribution is -0.00000154. The molecule has 0 saturated carbocycles. The summed E-state index contributed by atoms with van der Waals surface area (Å²) in [5, 5.41) is 0. The summed E-state index contributed by atoms with van der Waals surface area (Å²) in [6, 6.07) is 0. The molecule has 0 radical (unpaired) electrons. The quantitative estimate of drug-likeness (QED) is 0.388. The number of aliphatic imine (C=N–C) groups is 1. The molecule has 0 aromatic carbocycles. The van der Waals surface area contributed by atoms with E-state index in [1.165, 1.54) is 0 Å². The third-order valence-corrected chi connectivity index (χ3v) is 0.763. The maximum atomic E-state index is 3.92. The van der Waals surface area contributed by atoms with Crippen LogP contribution in [0.2, 0.25) is 0 Å². The number of nitrogens with zero attached hydrogens (tertiary/aromatic N) is 1. The highest BCUT2D eigenvalue weighted by atomic mass is 79.9. The van der Waals surface area contributed by atoms with Gasteiger partial charge in [-0.3, -0.25) is 0 Å². The Bertz CT molecular complexity index is 145. The van der Waals surface area contributed by atoms with Crippen LogP contribution in [0.15, 0.2) is 23.3 Å². The molecule has 42 valence electrons. The molecule has 0 unspecified atom stereocenters. The van der Waals surface area contributed by atoms with Crippen LogP contribution in [-0.4, -0.2) is 5.71 Å². The first-order valence-electron chi connectivity index (χ1n) is 2.18. The Morgan fingerprint density at radius 1 is 1.62 bits per heavy atom. The summed E-state index contributed by atoms with van der Waals surface area (Å²) in [6.07, 6.45) is 8.25. The maximum Gasteiger partial charge on any atom is 0.173 e. The van der Waals surface area contributed by atoms with E-state index in [1.807, 2.05) is 19.1 Å². The van der Waals surface area contributed by atoms with Gasteiger partial charge in [-0.05, 0) is 6.92 Å². The first-order chi connectivity index (χ1) is 3.39. The molecule has 1 aliphatic heterocycles. The minimum atomic E-state index is 0. The molecular formula is C6H6BrN. The highest BCUT2D eigenvalue weighted by molar-refractivity contribution is 5.93. The van der Waals surface area contributed by atoms with Crippen LogP contribution in [0, 0.1) is 6.08 Å². The van der Waals surface area contributed by atoms with E-state index in [-0.39, 0.29) is 17.0 Å². The van der Waals surface area contributed by atoms with Gasteiger partial charge >= 0.3 is 0 Å². The van der Waals surface area contributed by atoms with Crippen molar-refractivity contribution in [2.45, 2.75) is 6.92 Å². The Morgan fingerprint density at radius 2 is 2.38 bits per heavy atom. The van der Waals surface area contributed by atoms with Crippen LogP contribution in [-0.2, 0) is 0 Å². The van der Waals surface area contributed by atoms with Crippen LogP contribution in [0.25, 0.3) is 0 Å². The Balaban J connectivity index is 0.000000490. The fraction of sp³-hybridized carbons (Fsp3) is 0.167. The molecule has 0 aromatic heterocycles. The van der Waals surface area contributed by atoms with Gasteiger partial charge in [0.2, 0.25) is 0 Å². The van der Waals surface area contributed by atoms with Crippen molar-refractivity contribution in [1.29, 1.82) is 0 Å². The molecule has 0 spiro atoms. The van der Waals surface area contributed by atoms with Crippen molar-refractivity contribution in [1.82, 2.24) is 0 Å². The lowest BCUT2D eigenvalue weighted by atomic mass is 10.3. The summed E-state index contributed by atoms with van der Waals surface area (Å²) >= 11 is 0. The van der Waals surface area contributed by atoms with Gasteiger partial charge in [-0.15, -0.1) is 0 Å². The van der Waals surface area contributed by atoms with Gasteiger partial charge in [0.25, 0.3) is 0 Å². The average Bonchev–Trinajstić information content (AvgIpc) is 1.69. The van der Waals surface area contributed by atoms with Crippen molar-refractivity contribution >= 4 is 5.71 Å². The SMILES string of the molecule is CC1=NC=[C+]C=C1.[Br-]. The molecule has 1 rings (SSSR count). The predicted octanol–water partition coefficient (Wildman–Crippen LogP) is -1.66. The third kappa shape index (κ3) is 2.01. The second-order valence-corrected chi connectivity index (χ2v) is 1.40. The molecule has 0 aliphatic carbocycles. The molecule has 0 fully saturated rings. The second kappa shape index (κ2) is 3.53. The monoisotopic (exact) mass is 171 g/mol. The summed E-state index contributed by atoms with van der Waals surface area (Å²) in [5.41, 5.74) is 1.04. The van der Waals surface area contributed by atoms with Crippen LogP contribution < -0.4 is 17.0 Å². The summed E-state index contributed by atoms with van der Waals surface area (Å²) < 4.78 is 0. The van der Waals surface area contributed by atoms with E-state index in [9.17, 15) is 0 Å². The molecule has 1 nitrogen and oxygen atoms in total. The zero-order chi connectivity index (χ0) is 5.11. The zero-order valence-corrected chi connectivity index (χ0v) is 6.14. The van der Waals surface area contributed by atoms with Crippen LogP contribution in [0.5, 0.6) is 0 Å². The number of hydrogen-bond donors (Lipinski definition) is 0. The van der Waals surface area contributed by atoms with Crippen molar-refractivity contribution in [2.24, 2.45) is 4.99 Å². The predicted molar refractivity (Wildman–Crippen MR) is 30.1 cm³/mol. The topological polar surface area (TPSA) is 12.4 Å². The Labute approximate surface area is 59.6 Å². The van der Waals surface area contributed by atoms with E-state index in [4.69, 9.17) is 0 Å². The maximum absolute atomic E-state index is 3.92. The van der Waals surface area contributed by atoms with E-state index in [0.29, 0.717) is 0 Å². The Hall–Kier alpha value is -0.460. The molecule has 1 heterocycles. The van der Waals surface area contributed by atoms with E-state index >= 15 is 0 Å². The Kier molecular flexibility index (Phi) is 3.33. The van der Waals surface area contributed by atoms with E-state index in [2.05, 4.69) is 11.1 Å². The molecule has 8 heavy (non-hydrogen) atoms. The smallest absolute Gasteiger partial charge is 0.173 e. The normalized spacial score (nSPS) is 13.9. The van der Waals surface area contributed by atoms with E-state index in [0.717, 1.165) is 5.71 Å². The fourth-order valence-corrected chi connectivity index (χ4v) is 0.394. The van der Waals surface area contributed by atoms with Gasteiger partial charge in [-0.1, -0.05) is 0 Å². The molecule has 0 aromatic rings. The standard InChI is InChI=1S/C6H6N.BrH/c1-6-4-2-3-5-7-6;/h2,4-5H,1H3;1H/q+1;/p-1. The Morgan fingerprint density at radius 3 is 2.62 bits per heavy atom. The zero-order valence-electron chi connectivity index (χ0n) is 4.56. The summed E-state index contributed by atoms with van der Waals surface area (Å²) in [7, 11) is 0. The second-order valence-electron chi connectivity index (χ2n) is 1.40. The molecule has 2 heteroatoms. The largest absolute Gasteiger partial charge is 1.00 e. The fourth-order valence-electron chi connectivity index (χ4n) is 0.394. The van der Waals surface area contributed by atoms with Crippen LogP contribution in [0.3, 0.4) is 0 Å². The van der Waals surface area contributed by atoms with Crippen molar-refractivity contribution < 1.29 is 17.0 Å². The van der Waals surface area contributed by atoms with Crippen LogP contribution >= 0.6 is 0 Å². The van der Waals surface area contributed by atoms with Crippen molar-refractivity contribution in [2.75, 3.05) is 0 Å². The summed E-state index contributed by atoms with van der Waals surface area (Å²) in [6.45, 7) is 1.95. The van der Waals surface area contributed by atoms with Crippen molar-refractivity contribution in [3.63, 3.8) is 0 Å². The minimum Gasteiger partial charge on any atom is -1.00 e. The van der Waals surface area contributed by atoms with Crippen LogP contribution in [0.1, 0.15) is 6.92 Å². The van der Waals surface area contributed by atoms with E-state index < -0.39 is 0 Å². The minimum absolute atomic E-state index is 0. The molecule has 0 bridgehead atoms. The summed E-state index contributed by atoms with van der Waals surface area (Å²) in [5.74, 6) is 0. The van der Waals surface area contributed by atoms with Crippen molar-refractivity contribution in [3.8, 4) is 0 Å². The van der Waals surface area contributed by atoms with Gasteiger partial charge < -0.3 is 17.0 Å². The van der Waals surface area contributed by atoms with Gasteiger partial charge in [0.05, 0.1) is 6.08 Å². The molecule has 0 atom stereocenters. The molecule has 0 saturated heterocycles. The van der Waals surface area contributed by atoms with Gasteiger partial charge in [-0.25, -0.2) is 4.99 Å². The van der Waals surface area contributed by atoms with E-state index in [1.54, 1.807) is 6.20 Å². The average molecular weight is 172 g/mol.